The number of rotatable bonds is 1. The molecular formula is C16H19FN2O2. The summed E-state index contributed by atoms with van der Waals surface area (Å²) < 4.78 is 13.4. The first kappa shape index (κ1) is 15.5. The van der Waals surface area contributed by atoms with Gasteiger partial charge in [0.25, 0.3) is 5.91 Å². The topological polar surface area (TPSA) is 66.6 Å². The van der Waals surface area contributed by atoms with Gasteiger partial charge in [-0.05, 0) is 38.0 Å². The number of piperidine rings is 1. The van der Waals surface area contributed by atoms with E-state index in [9.17, 15) is 14.3 Å². The molecule has 112 valence electrons. The zero-order valence-electron chi connectivity index (χ0n) is 12.0. The first-order valence-electron chi connectivity index (χ1n) is 6.93. The standard InChI is InChI=1S/C16H19FN2O2/c1-16(21)6-9-19(10-7-16)15(20)14-11-13(17)5-4-12(14)3-2-8-18/h4-5,11,21H,6-10,18H2,1H3. The second-order valence-corrected chi connectivity index (χ2v) is 5.48. The Labute approximate surface area is 123 Å². The maximum Gasteiger partial charge on any atom is 0.255 e. The average Bonchev–Trinajstić information content (AvgIpc) is 2.45. The molecule has 1 aromatic carbocycles. The number of hydrogen-bond acceptors (Lipinski definition) is 3. The summed E-state index contributed by atoms with van der Waals surface area (Å²) >= 11 is 0. The molecule has 2 rings (SSSR count). The number of amides is 1. The Morgan fingerprint density at radius 3 is 2.76 bits per heavy atom. The molecule has 1 aliphatic rings. The third-order valence-corrected chi connectivity index (χ3v) is 3.66. The van der Waals surface area contributed by atoms with Gasteiger partial charge in [-0.3, -0.25) is 4.79 Å². The molecule has 0 aliphatic carbocycles. The fourth-order valence-electron chi connectivity index (χ4n) is 2.31. The lowest BCUT2D eigenvalue weighted by Crippen LogP contribution is -2.45. The van der Waals surface area contributed by atoms with Crippen molar-refractivity contribution in [1.82, 2.24) is 4.90 Å². The second-order valence-electron chi connectivity index (χ2n) is 5.48. The van der Waals surface area contributed by atoms with E-state index in [4.69, 9.17) is 5.73 Å². The highest BCUT2D eigenvalue weighted by atomic mass is 19.1. The molecule has 0 radical (unpaired) electrons. The van der Waals surface area contributed by atoms with E-state index in [0.717, 1.165) is 0 Å². The van der Waals surface area contributed by atoms with Crippen LogP contribution in [-0.4, -0.2) is 41.1 Å². The van der Waals surface area contributed by atoms with Gasteiger partial charge < -0.3 is 15.7 Å². The molecule has 1 heterocycles. The first-order chi connectivity index (χ1) is 9.93. The third kappa shape index (κ3) is 3.81. The molecule has 3 N–H and O–H groups in total. The summed E-state index contributed by atoms with van der Waals surface area (Å²) in [6.07, 6.45) is 1.02. The smallest absolute Gasteiger partial charge is 0.255 e. The van der Waals surface area contributed by atoms with Crippen LogP contribution in [0.3, 0.4) is 0 Å². The van der Waals surface area contributed by atoms with Crippen molar-refractivity contribution in [2.45, 2.75) is 25.4 Å². The molecular weight excluding hydrogens is 271 g/mol. The third-order valence-electron chi connectivity index (χ3n) is 3.66. The minimum atomic E-state index is -0.735. The highest BCUT2D eigenvalue weighted by Crippen LogP contribution is 2.23. The molecule has 1 saturated heterocycles. The maximum absolute atomic E-state index is 13.4. The number of halogens is 1. The lowest BCUT2D eigenvalue weighted by molar-refractivity contribution is -0.00204. The van der Waals surface area contributed by atoms with Gasteiger partial charge in [0.05, 0.1) is 17.7 Å². The zero-order valence-corrected chi connectivity index (χ0v) is 12.0. The molecule has 0 aromatic heterocycles. The molecule has 0 bridgehead atoms. The summed E-state index contributed by atoms with van der Waals surface area (Å²) in [5, 5.41) is 9.93. The molecule has 1 aromatic rings. The van der Waals surface area contributed by atoms with Gasteiger partial charge in [0.2, 0.25) is 0 Å². The van der Waals surface area contributed by atoms with Crippen molar-refractivity contribution in [2.75, 3.05) is 19.6 Å². The van der Waals surface area contributed by atoms with Crippen molar-refractivity contribution in [3.8, 4) is 11.8 Å². The predicted molar refractivity (Wildman–Crippen MR) is 78.1 cm³/mol. The van der Waals surface area contributed by atoms with Crippen LogP contribution in [-0.2, 0) is 0 Å². The summed E-state index contributed by atoms with van der Waals surface area (Å²) in [5.41, 5.74) is 5.32. The van der Waals surface area contributed by atoms with Crippen molar-refractivity contribution in [3.05, 3.63) is 35.1 Å². The maximum atomic E-state index is 13.4. The summed E-state index contributed by atoms with van der Waals surface area (Å²) in [5.74, 6) is 4.75. The minimum absolute atomic E-state index is 0.178. The number of hydrogen-bond donors (Lipinski definition) is 2. The van der Waals surface area contributed by atoms with Crippen molar-refractivity contribution in [1.29, 1.82) is 0 Å². The van der Waals surface area contributed by atoms with E-state index >= 15 is 0 Å². The molecule has 4 nitrogen and oxygen atoms in total. The van der Waals surface area contributed by atoms with Crippen LogP contribution < -0.4 is 5.73 Å². The van der Waals surface area contributed by atoms with Gasteiger partial charge >= 0.3 is 0 Å². The molecule has 1 aliphatic heterocycles. The summed E-state index contributed by atoms with van der Waals surface area (Å²) in [6, 6.07) is 3.97. The Morgan fingerprint density at radius 2 is 2.14 bits per heavy atom. The number of benzene rings is 1. The van der Waals surface area contributed by atoms with Crippen LogP contribution in [0, 0.1) is 17.7 Å². The molecule has 0 atom stereocenters. The summed E-state index contributed by atoms with van der Waals surface area (Å²) in [7, 11) is 0. The van der Waals surface area contributed by atoms with Gasteiger partial charge in [-0.2, -0.15) is 0 Å². The molecule has 21 heavy (non-hydrogen) atoms. The molecule has 0 unspecified atom stereocenters. The van der Waals surface area contributed by atoms with Crippen LogP contribution in [0.5, 0.6) is 0 Å². The van der Waals surface area contributed by atoms with Crippen molar-refractivity contribution in [2.24, 2.45) is 5.73 Å². The fraction of sp³-hybridized carbons (Fsp3) is 0.438. The number of carbonyl (C=O) groups excluding carboxylic acids is 1. The van der Waals surface area contributed by atoms with Crippen LogP contribution in [0.25, 0.3) is 0 Å². The monoisotopic (exact) mass is 290 g/mol. The Balaban J connectivity index is 2.24. The van der Waals surface area contributed by atoms with Crippen molar-refractivity contribution >= 4 is 5.91 Å². The second kappa shape index (κ2) is 6.25. The van der Waals surface area contributed by atoms with Crippen LogP contribution in [0.4, 0.5) is 4.39 Å². The Morgan fingerprint density at radius 1 is 1.48 bits per heavy atom. The van der Waals surface area contributed by atoms with Gasteiger partial charge in [-0.1, -0.05) is 11.8 Å². The molecule has 1 amide bonds. The number of likely N-dealkylation sites (tertiary alicyclic amines) is 1. The Bertz CT molecular complexity index is 592. The van der Waals surface area contributed by atoms with E-state index in [0.29, 0.717) is 31.5 Å². The van der Waals surface area contributed by atoms with Crippen molar-refractivity contribution in [3.63, 3.8) is 0 Å². The lowest BCUT2D eigenvalue weighted by Gasteiger charge is -2.35. The van der Waals surface area contributed by atoms with Crippen LogP contribution >= 0.6 is 0 Å². The summed E-state index contributed by atoms with van der Waals surface area (Å²) in [6.45, 7) is 2.84. The molecule has 0 spiro atoms. The number of nitrogens with zero attached hydrogens (tertiary/aromatic N) is 1. The van der Waals surface area contributed by atoms with Gasteiger partial charge in [-0.15, -0.1) is 0 Å². The SMILES string of the molecule is CC1(O)CCN(C(=O)c2cc(F)ccc2C#CCN)CC1. The number of carbonyl (C=O) groups is 1. The van der Waals surface area contributed by atoms with Crippen LogP contribution in [0.1, 0.15) is 35.7 Å². The largest absolute Gasteiger partial charge is 0.390 e. The van der Waals surface area contributed by atoms with E-state index < -0.39 is 11.4 Å². The minimum Gasteiger partial charge on any atom is -0.390 e. The Kier molecular flexibility index (Phi) is 4.61. The van der Waals surface area contributed by atoms with Gasteiger partial charge in [0.15, 0.2) is 0 Å². The first-order valence-corrected chi connectivity index (χ1v) is 6.93. The van der Waals surface area contributed by atoms with Gasteiger partial charge in [0, 0.05) is 18.7 Å². The predicted octanol–water partition coefficient (Wildman–Crippen LogP) is 1.12. The van der Waals surface area contributed by atoms with Crippen LogP contribution in [0.2, 0.25) is 0 Å². The lowest BCUT2D eigenvalue weighted by atomic mass is 9.93. The molecule has 5 heteroatoms. The van der Waals surface area contributed by atoms with E-state index in [-0.39, 0.29) is 18.0 Å². The fourth-order valence-corrected chi connectivity index (χ4v) is 2.31. The van der Waals surface area contributed by atoms with E-state index in [2.05, 4.69) is 11.8 Å². The average molecular weight is 290 g/mol. The quantitative estimate of drug-likeness (QED) is 0.762. The normalized spacial score (nSPS) is 17.0. The zero-order chi connectivity index (χ0) is 15.5. The number of nitrogens with two attached hydrogens (primary N) is 1. The van der Waals surface area contributed by atoms with E-state index in [1.165, 1.54) is 18.2 Å². The van der Waals surface area contributed by atoms with Crippen molar-refractivity contribution < 1.29 is 14.3 Å². The number of aliphatic hydroxyl groups is 1. The van der Waals surface area contributed by atoms with E-state index in [1.54, 1.807) is 11.8 Å². The molecule has 0 saturated carbocycles. The van der Waals surface area contributed by atoms with Gasteiger partial charge in [-0.25, -0.2) is 4.39 Å². The highest BCUT2D eigenvalue weighted by Gasteiger charge is 2.30. The van der Waals surface area contributed by atoms with Gasteiger partial charge in [0.1, 0.15) is 5.82 Å². The Hall–Kier alpha value is -1.90. The summed E-state index contributed by atoms with van der Waals surface area (Å²) in [4.78, 5) is 14.2. The van der Waals surface area contributed by atoms with Crippen LogP contribution in [0.15, 0.2) is 18.2 Å². The molecule has 1 fully saturated rings. The van der Waals surface area contributed by atoms with E-state index in [1.807, 2.05) is 0 Å². The highest BCUT2D eigenvalue weighted by molar-refractivity contribution is 5.96.